The molecule has 9 nitrogen and oxygen atoms in total. The molecule has 0 spiro atoms. The van der Waals surface area contributed by atoms with Crippen LogP contribution in [0.4, 0.5) is 4.79 Å². The van der Waals surface area contributed by atoms with Crippen LogP contribution >= 0.6 is 0 Å². The lowest BCUT2D eigenvalue weighted by atomic mass is 9.92. The number of carbonyl (C=O) groups excluding carboxylic acids is 1. The number of ether oxygens (including phenoxy) is 1. The molecule has 2 aromatic heterocycles. The molecular weight excluding hydrogens is 470 g/mol. The Balaban J connectivity index is 1.22. The number of aromatic amines is 1. The zero-order valence-electron chi connectivity index (χ0n) is 20.6. The summed E-state index contributed by atoms with van der Waals surface area (Å²) in [6.45, 7) is 3.22. The molecule has 0 radical (unpaired) electrons. The number of pyridine rings is 1. The number of hydrogen-bond acceptors (Lipinski definition) is 5. The molecule has 190 valence electrons. The van der Waals surface area contributed by atoms with Crippen molar-refractivity contribution in [3.63, 3.8) is 0 Å². The number of hydrogen-bond donors (Lipinski definition) is 3. The van der Waals surface area contributed by atoms with Gasteiger partial charge in [-0.15, -0.1) is 0 Å². The second-order valence-electron chi connectivity index (χ2n) is 9.26. The first-order valence-electron chi connectivity index (χ1n) is 12.4. The molecule has 1 saturated heterocycles. The highest BCUT2D eigenvalue weighted by atomic mass is 16.5. The van der Waals surface area contributed by atoms with E-state index in [-0.39, 0.29) is 11.8 Å². The van der Waals surface area contributed by atoms with E-state index in [1.54, 1.807) is 11.8 Å². The molecule has 2 amide bonds. The maximum absolute atomic E-state index is 12.5. The van der Waals surface area contributed by atoms with Crippen molar-refractivity contribution in [1.82, 2.24) is 25.2 Å². The predicted molar refractivity (Wildman–Crippen MR) is 139 cm³/mol. The quantitative estimate of drug-likeness (QED) is 0.343. The number of rotatable bonds is 7. The van der Waals surface area contributed by atoms with Crippen LogP contribution in [0, 0.1) is 0 Å². The molecule has 3 heterocycles. The SMILES string of the molecule is CC(NC(=O)O)C(=O)N1CCC(c2ccc3[nH]c(-c4ccc(OCc5ccccc5)cc4)nc3n2)CC1. The summed E-state index contributed by atoms with van der Waals surface area (Å²) in [6.07, 6.45) is 0.344. The molecule has 0 bridgehead atoms. The molecular formula is C28H29N5O4. The van der Waals surface area contributed by atoms with Crippen LogP contribution in [0.1, 0.15) is 36.9 Å². The number of carbonyl (C=O) groups is 2. The number of nitrogens with one attached hydrogen (secondary N) is 2. The van der Waals surface area contributed by atoms with Gasteiger partial charge >= 0.3 is 6.09 Å². The first-order valence-corrected chi connectivity index (χ1v) is 12.4. The minimum atomic E-state index is -1.20. The summed E-state index contributed by atoms with van der Waals surface area (Å²) in [4.78, 5) is 37.9. The van der Waals surface area contributed by atoms with Gasteiger partial charge in [0.1, 0.15) is 24.2 Å². The van der Waals surface area contributed by atoms with Crippen molar-refractivity contribution in [2.45, 2.75) is 38.3 Å². The second-order valence-corrected chi connectivity index (χ2v) is 9.26. The molecule has 1 atom stereocenters. The Morgan fingerprint density at radius 2 is 1.78 bits per heavy atom. The summed E-state index contributed by atoms with van der Waals surface area (Å²) >= 11 is 0. The highest BCUT2D eigenvalue weighted by Gasteiger charge is 2.28. The van der Waals surface area contributed by atoms with E-state index >= 15 is 0 Å². The third kappa shape index (κ3) is 5.72. The molecule has 1 aliphatic heterocycles. The molecule has 4 aromatic rings. The van der Waals surface area contributed by atoms with E-state index in [2.05, 4.69) is 10.3 Å². The second kappa shape index (κ2) is 10.7. The predicted octanol–water partition coefficient (Wildman–Crippen LogP) is 4.57. The highest BCUT2D eigenvalue weighted by molar-refractivity contribution is 5.85. The van der Waals surface area contributed by atoms with Gasteiger partial charge in [0, 0.05) is 30.3 Å². The fraction of sp³-hybridized carbons (Fsp3) is 0.286. The van der Waals surface area contributed by atoms with Crippen molar-refractivity contribution in [2.24, 2.45) is 0 Å². The Hall–Kier alpha value is -4.40. The van der Waals surface area contributed by atoms with Gasteiger partial charge in [0.15, 0.2) is 5.65 Å². The molecule has 1 unspecified atom stereocenters. The number of amides is 2. The molecule has 5 rings (SSSR count). The molecule has 0 aliphatic carbocycles. The van der Waals surface area contributed by atoms with Crippen molar-refractivity contribution in [1.29, 1.82) is 0 Å². The number of aromatic nitrogens is 3. The molecule has 9 heteroatoms. The zero-order chi connectivity index (χ0) is 25.8. The van der Waals surface area contributed by atoms with Gasteiger partial charge in [-0.3, -0.25) is 4.79 Å². The van der Waals surface area contributed by atoms with Crippen LogP contribution in [0.3, 0.4) is 0 Å². The number of benzene rings is 2. The standard InChI is InChI=1S/C28H29N5O4/c1-18(29-28(35)36)27(34)33-15-13-20(14-16-33)23-11-12-24-26(30-23)32-25(31-24)21-7-9-22(10-8-21)37-17-19-5-3-2-4-6-19/h2-12,18,20,29H,13-17H2,1H3,(H,35,36)(H,30,31,32). The lowest BCUT2D eigenvalue weighted by Gasteiger charge is -2.33. The first kappa shape index (κ1) is 24.3. The minimum Gasteiger partial charge on any atom is -0.489 e. The average Bonchev–Trinajstić information content (AvgIpc) is 3.35. The van der Waals surface area contributed by atoms with Crippen LogP contribution in [0.5, 0.6) is 5.75 Å². The number of piperidine rings is 1. The third-order valence-corrected chi connectivity index (χ3v) is 6.68. The largest absolute Gasteiger partial charge is 0.489 e. The van der Waals surface area contributed by atoms with Gasteiger partial charge in [-0.05, 0) is 61.7 Å². The summed E-state index contributed by atoms with van der Waals surface area (Å²) in [5, 5.41) is 11.1. The number of imidazole rings is 1. The minimum absolute atomic E-state index is 0.197. The maximum atomic E-state index is 12.5. The van der Waals surface area contributed by atoms with E-state index in [4.69, 9.17) is 19.8 Å². The van der Waals surface area contributed by atoms with Gasteiger partial charge in [-0.25, -0.2) is 14.8 Å². The lowest BCUT2D eigenvalue weighted by molar-refractivity contribution is -0.133. The highest BCUT2D eigenvalue weighted by Crippen LogP contribution is 2.29. The number of fused-ring (bicyclic) bond motifs is 1. The number of nitrogens with zero attached hydrogens (tertiary/aromatic N) is 3. The molecule has 37 heavy (non-hydrogen) atoms. The van der Waals surface area contributed by atoms with Crippen molar-refractivity contribution in [3.8, 4) is 17.1 Å². The monoisotopic (exact) mass is 499 g/mol. The lowest BCUT2D eigenvalue weighted by Crippen LogP contribution is -2.48. The van der Waals surface area contributed by atoms with Crippen LogP contribution in [0.2, 0.25) is 0 Å². The van der Waals surface area contributed by atoms with Crippen molar-refractivity contribution < 1.29 is 19.4 Å². The van der Waals surface area contributed by atoms with Crippen molar-refractivity contribution in [2.75, 3.05) is 13.1 Å². The van der Waals surface area contributed by atoms with Crippen LogP contribution in [-0.2, 0) is 11.4 Å². The van der Waals surface area contributed by atoms with E-state index in [1.807, 2.05) is 66.7 Å². The fourth-order valence-electron chi connectivity index (χ4n) is 4.64. The number of likely N-dealkylation sites (tertiary alicyclic amines) is 1. The van der Waals surface area contributed by atoms with E-state index in [1.165, 1.54) is 0 Å². The Morgan fingerprint density at radius 3 is 2.49 bits per heavy atom. The van der Waals surface area contributed by atoms with Crippen LogP contribution < -0.4 is 10.1 Å². The third-order valence-electron chi connectivity index (χ3n) is 6.68. The Morgan fingerprint density at radius 1 is 1.05 bits per heavy atom. The molecule has 3 N–H and O–H groups in total. The Labute approximate surface area is 214 Å². The van der Waals surface area contributed by atoms with Gasteiger partial charge in [0.25, 0.3) is 0 Å². The normalized spacial score (nSPS) is 14.9. The number of carboxylic acid groups (broad SMARTS) is 1. The summed E-state index contributed by atoms with van der Waals surface area (Å²) in [5.41, 5.74) is 4.55. The molecule has 1 fully saturated rings. The van der Waals surface area contributed by atoms with Crippen molar-refractivity contribution in [3.05, 3.63) is 78.0 Å². The van der Waals surface area contributed by atoms with Crippen LogP contribution in [0.25, 0.3) is 22.6 Å². The summed E-state index contributed by atoms with van der Waals surface area (Å²) in [6, 6.07) is 21.1. The van der Waals surface area contributed by atoms with E-state index in [0.29, 0.717) is 25.3 Å². The molecule has 1 aliphatic rings. The topological polar surface area (TPSA) is 120 Å². The average molecular weight is 500 g/mol. The zero-order valence-corrected chi connectivity index (χ0v) is 20.6. The van der Waals surface area contributed by atoms with Crippen LogP contribution in [-0.4, -0.2) is 56.1 Å². The smallest absolute Gasteiger partial charge is 0.405 e. The van der Waals surface area contributed by atoms with Gasteiger partial charge in [0.05, 0.1) is 5.52 Å². The van der Waals surface area contributed by atoms with Crippen LogP contribution in [0.15, 0.2) is 66.7 Å². The first-order chi connectivity index (χ1) is 18.0. The van der Waals surface area contributed by atoms with Gasteiger partial charge in [-0.1, -0.05) is 30.3 Å². The van der Waals surface area contributed by atoms with Gasteiger partial charge < -0.3 is 25.0 Å². The molecule has 2 aromatic carbocycles. The Kier molecular flexibility index (Phi) is 7.02. The summed E-state index contributed by atoms with van der Waals surface area (Å²) < 4.78 is 5.88. The summed E-state index contributed by atoms with van der Waals surface area (Å²) in [7, 11) is 0. The fourth-order valence-corrected chi connectivity index (χ4v) is 4.64. The molecule has 0 saturated carbocycles. The summed E-state index contributed by atoms with van der Waals surface area (Å²) in [5.74, 6) is 1.56. The van der Waals surface area contributed by atoms with E-state index in [9.17, 15) is 9.59 Å². The number of H-pyrrole nitrogens is 1. The Bertz CT molecular complexity index is 1380. The van der Waals surface area contributed by atoms with Gasteiger partial charge in [-0.2, -0.15) is 0 Å². The van der Waals surface area contributed by atoms with E-state index < -0.39 is 12.1 Å². The van der Waals surface area contributed by atoms with Crippen molar-refractivity contribution >= 4 is 23.2 Å². The maximum Gasteiger partial charge on any atom is 0.405 e. The van der Waals surface area contributed by atoms with E-state index in [0.717, 1.165) is 46.8 Å². The van der Waals surface area contributed by atoms with Gasteiger partial charge in [0.2, 0.25) is 5.91 Å².